The number of nitrogens with one attached hydrogen (secondary N) is 3. The second-order valence-corrected chi connectivity index (χ2v) is 15.3. The van der Waals surface area contributed by atoms with Gasteiger partial charge in [0.05, 0.1) is 44.0 Å². The predicted octanol–water partition coefficient (Wildman–Crippen LogP) is 6.15. The number of aromatic nitrogens is 5. The second-order valence-electron chi connectivity index (χ2n) is 15.3. The van der Waals surface area contributed by atoms with Crippen LogP contribution < -0.4 is 10.6 Å². The van der Waals surface area contributed by atoms with E-state index in [0.29, 0.717) is 37.1 Å². The molecule has 0 radical (unpaired) electrons. The second kappa shape index (κ2) is 15.7. The number of carbonyl (C=O) groups excluding carboxylic acids is 4. The molecule has 5 heterocycles. The first-order valence-corrected chi connectivity index (χ1v) is 19.4. The summed E-state index contributed by atoms with van der Waals surface area (Å²) in [6.07, 6.45) is 5.92. The lowest BCUT2D eigenvalue weighted by molar-refractivity contribution is -0.135. The van der Waals surface area contributed by atoms with Crippen LogP contribution in [-0.2, 0) is 32.0 Å². The van der Waals surface area contributed by atoms with Gasteiger partial charge in [-0.3, -0.25) is 9.59 Å². The van der Waals surface area contributed by atoms with Crippen molar-refractivity contribution in [3.8, 4) is 34.0 Å². The highest BCUT2D eigenvalue weighted by Crippen LogP contribution is 2.40. The number of Topliss-reactive ketones (excluding diaryl/α,β-unsaturated/α-hetero) is 1. The summed E-state index contributed by atoms with van der Waals surface area (Å²) < 4.78 is 17.9. The van der Waals surface area contributed by atoms with Gasteiger partial charge in [-0.05, 0) is 66.5 Å². The average molecular weight is 775 g/mol. The Morgan fingerprint density at radius 2 is 1.61 bits per heavy atom. The fraction of sp³-hybridized carbons (Fsp3) is 0.405. The zero-order chi connectivity index (χ0) is 39.8. The van der Waals surface area contributed by atoms with E-state index in [1.165, 1.54) is 14.2 Å². The number of nitrogens with zero attached hydrogens (tertiary/aromatic N) is 5. The van der Waals surface area contributed by atoms with Gasteiger partial charge in [0.1, 0.15) is 17.6 Å². The molecule has 8 rings (SSSR count). The largest absolute Gasteiger partial charge is 0.453 e. The number of ether oxygens (including phenoxy) is 2. The van der Waals surface area contributed by atoms with Crippen LogP contribution in [0.1, 0.15) is 80.3 Å². The Labute approximate surface area is 329 Å². The van der Waals surface area contributed by atoms with E-state index >= 15 is 0 Å². The fourth-order valence-corrected chi connectivity index (χ4v) is 8.55. The number of aryl methyl sites for hydroxylation is 1. The molecular formula is C42H46N8O7. The van der Waals surface area contributed by atoms with Gasteiger partial charge in [-0.15, -0.1) is 10.2 Å². The number of rotatable bonds is 9. The molecule has 0 bridgehead atoms. The third-order valence-corrected chi connectivity index (χ3v) is 11.5. The first kappa shape index (κ1) is 37.7. The Hall–Kier alpha value is -6.25. The summed E-state index contributed by atoms with van der Waals surface area (Å²) in [6, 6.07) is 16.8. The van der Waals surface area contributed by atoms with Crippen molar-refractivity contribution in [3.05, 3.63) is 89.8 Å². The van der Waals surface area contributed by atoms with Crippen LogP contribution in [0.5, 0.6) is 0 Å². The molecule has 3 amide bonds. The minimum absolute atomic E-state index is 0.0287. The van der Waals surface area contributed by atoms with E-state index in [-0.39, 0.29) is 42.0 Å². The van der Waals surface area contributed by atoms with Gasteiger partial charge in [-0.25, -0.2) is 14.6 Å². The van der Waals surface area contributed by atoms with E-state index < -0.39 is 24.1 Å². The topological polar surface area (TPSA) is 187 Å². The molecule has 1 unspecified atom stereocenters. The highest BCUT2D eigenvalue weighted by Gasteiger charge is 2.42. The summed E-state index contributed by atoms with van der Waals surface area (Å²) in [5, 5.41) is 14.3. The normalized spacial score (nSPS) is 20.8. The first-order valence-electron chi connectivity index (χ1n) is 19.4. The molecular weight excluding hydrogens is 729 g/mol. The predicted molar refractivity (Wildman–Crippen MR) is 208 cm³/mol. The summed E-state index contributed by atoms with van der Waals surface area (Å²) in [5.74, 6) is 0.496. The number of imidazole rings is 1. The molecule has 1 saturated heterocycles. The summed E-state index contributed by atoms with van der Waals surface area (Å²) >= 11 is 0. The van der Waals surface area contributed by atoms with Gasteiger partial charge in [-0.1, -0.05) is 50.2 Å². The number of methoxy groups -OCH3 is 2. The first-order chi connectivity index (χ1) is 27.6. The fourth-order valence-electron chi connectivity index (χ4n) is 8.55. The van der Waals surface area contributed by atoms with Gasteiger partial charge in [0.15, 0.2) is 0 Å². The van der Waals surface area contributed by atoms with Crippen molar-refractivity contribution in [2.24, 2.45) is 5.92 Å². The third-order valence-electron chi connectivity index (χ3n) is 11.5. The summed E-state index contributed by atoms with van der Waals surface area (Å²) in [7, 11) is 2.61. The van der Waals surface area contributed by atoms with Gasteiger partial charge in [-0.2, -0.15) is 0 Å². The van der Waals surface area contributed by atoms with Gasteiger partial charge in [0.25, 0.3) is 0 Å². The van der Waals surface area contributed by atoms with Gasteiger partial charge >= 0.3 is 12.2 Å². The van der Waals surface area contributed by atoms with Crippen LogP contribution in [0.15, 0.2) is 71.4 Å². The van der Waals surface area contributed by atoms with E-state index in [2.05, 4.69) is 41.4 Å². The lowest BCUT2D eigenvalue weighted by Gasteiger charge is -2.31. The van der Waals surface area contributed by atoms with Crippen molar-refractivity contribution in [3.63, 3.8) is 0 Å². The van der Waals surface area contributed by atoms with Crippen molar-refractivity contribution < 1.29 is 33.1 Å². The van der Waals surface area contributed by atoms with E-state index in [9.17, 15) is 19.2 Å². The maximum absolute atomic E-state index is 13.7. The van der Waals surface area contributed by atoms with Crippen molar-refractivity contribution in [1.29, 1.82) is 0 Å². The Kier molecular flexibility index (Phi) is 10.4. The number of carbonyl (C=O) groups is 4. The molecule has 2 aromatic carbocycles. The highest BCUT2D eigenvalue weighted by molar-refractivity contribution is 5.89. The van der Waals surface area contributed by atoms with Crippen LogP contribution in [0.3, 0.4) is 0 Å². The van der Waals surface area contributed by atoms with Gasteiger partial charge in [0.2, 0.25) is 17.7 Å². The van der Waals surface area contributed by atoms with Crippen LogP contribution in [0.25, 0.3) is 34.0 Å². The standard InChI is InChI=1S/C42H46N8O7/c1-23(2)35(46-42(54)56-4)40(52)50-18-5-6-32(50)31-21-43-37(44-31)27-11-7-24(8-12-27)25-9-13-28(14-10-25)38-47-48-39(57-38)29-20-33(51)34-30(45-41(53)55-3)16-15-26-17-19-49(22-29)36(26)34/h7-14,17,19,21,23,29-30,32,34-35H,5-6,15-16,18,20,22H2,1-4H3,(H,43,44)(H,45,53)(H,46,54)/t29-,30-,32-,34?,35-/m0/s1. The number of aromatic amines is 1. The van der Waals surface area contributed by atoms with Crippen LogP contribution >= 0.6 is 0 Å². The van der Waals surface area contributed by atoms with E-state index in [1.807, 2.05) is 73.5 Å². The molecule has 15 nitrogen and oxygen atoms in total. The number of hydrogen-bond donors (Lipinski definition) is 3. The van der Waals surface area contributed by atoms with Gasteiger partial charge in [0, 0.05) is 48.6 Å². The molecule has 5 aromatic rings. The molecule has 1 aliphatic carbocycles. The third kappa shape index (κ3) is 7.41. The molecule has 0 spiro atoms. The number of benzene rings is 2. The van der Waals surface area contributed by atoms with Crippen LogP contribution in [0.2, 0.25) is 0 Å². The SMILES string of the molecule is COC(=O)N[C@H]1CCc2ccn3c2C1C(=O)C[C@H](c1nnc(-c2ccc(-c4ccc(-c5ncc([C@@H]6CCCN6C(=O)[C@@H](NC(=O)OC)C(C)C)[nH]5)cc4)cc2)o1)C3. The lowest BCUT2D eigenvalue weighted by atomic mass is 9.79. The highest BCUT2D eigenvalue weighted by atomic mass is 16.5. The van der Waals surface area contributed by atoms with Crippen molar-refractivity contribution >= 4 is 23.9 Å². The Balaban J connectivity index is 0.930. The molecule has 2 aliphatic heterocycles. The van der Waals surface area contributed by atoms with Crippen LogP contribution in [0.4, 0.5) is 9.59 Å². The lowest BCUT2D eigenvalue weighted by Crippen LogP contribution is -2.51. The van der Waals surface area contributed by atoms with Crippen LogP contribution in [0, 0.1) is 5.92 Å². The summed E-state index contributed by atoms with van der Waals surface area (Å²) in [5.41, 5.74) is 6.61. The molecule has 1 fully saturated rings. The summed E-state index contributed by atoms with van der Waals surface area (Å²) in [6.45, 7) is 4.92. The molecule has 57 heavy (non-hydrogen) atoms. The zero-order valence-electron chi connectivity index (χ0n) is 32.4. The van der Waals surface area contributed by atoms with Crippen LogP contribution in [-0.4, -0.2) is 86.4 Å². The minimum atomic E-state index is -0.687. The molecule has 0 saturated carbocycles. The van der Waals surface area contributed by atoms with E-state index in [0.717, 1.165) is 58.5 Å². The monoisotopic (exact) mass is 774 g/mol. The quantitative estimate of drug-likeness (QED) is 0.157. The maximum Gasteiger partial charge on any atom is 0.407 e. The van der Waals surface area contributed by atoms with Crippen molar-refractivity contribution in [1.82, 2.24) is 40.3 Å². The average Bonchev–Trinajstić information content (AvgIpc) is 4.06. The Morgan fingerprint density at radius 1 is 0.912 bits per heavy atom. The van der Waals surface area contributed by atoms with E-state index in [1.54, 1.807) is 6.20 Å². The van der Waals surface area contributed by atoms with Gasteiger partial charge < -0.3 is 39.0 Å². The zero-order valence-corrected chi connectivity index (χ0v) is 32.4. The Morgan fingerprint density at radius 3 is 2.32 bits per heavy atom. The van der Waals surface area contributed by atoms with Crippen molar-refractivity contribution in [2.45, 2.75) is 82.5 Å². The summed E-state index contributed by atoms with van der Waals surface area (Å²) in [4.78, 5) is 61.2. The van der Waals surface area contributed by atoms with E-state index in [4.69, 9.17) is 13.9 Å². The number of likely N-dealkylation sites (tertiary alicyclic amines) is 1. The number of H-pyrrole nitrogens is 1. The number of ketones is 1. The molecule has 15 heteroatoms. The minimum Gasteiger partial charge on any atom is -0.453 e. The molecule has 3 aliphatic rings. The smallest absolute Gasteiger partial charge is 0.407 e. The van der Waals surface area contributed by atoms with Crippen molar-refractivity contribution in [2.75, 3.05) is 20.8 Å². The Bertz CT molecular complexity index is 2270. The molecule has 3 N–H and O–H groups in total. The number of alkyl carbamates (subject to hydrolysis) is 2. The number of hydrogen-bond acceptors (Lipinski definition) is 10. The number of amides is 3. The maximum atomic E-state index is 13.7. The molecule has 296 valence electrons. The molecule has 3 aromatic heterocycles. The molecule has 5 atom stereocenters.